The molecule has 0 aliphatic heterocycles. The minimum atomic E-state index is -0.357. The van der Waals surface area contributed by atoms with Crippen LogP contribution in [-0.2, 0) is 11.3 Å². The molecule has 0 saturated heterocycles. The van der Waals surface area contributed by atoms with Crippen molar-refractivity contribution in [3.8, 4) is 5.75 Å². The summed E-state index contributed by atoms with van der Waals surface area (Å²) >= 11 is 0. The molecule has 0 radical (unpaired) electrons. The zero-order valence-corrected chi connectivity index (χ0v) is 11.7. The number of hydrogen-bond acceptors (Lipinski definition) is 3. The molecule has 1 saturated carbocycles. The van der Waals surface area contributed by atoms with Gasteiger partial charge in [-0.15, -0.1) is 0 Å². The average molecular weight is 280 g/mol. The van der Waals surface area contributed by atoms with Gasteiger partial charge in [0.2, 0.25) is 0 Å². The van der Waals surface area contributed by atoms with Gasteiger partial charge in [-0.25, -0.2) is 4.39 Å². The van der Waals surface area contributed by atoms with Gasteiger partial charge in [0.1, 0.15) is 11.6 Å². The lowest BCUT2D eigenvalue weighted by Crippen LogP contribution is -2.36. The molecule has 0 atom stereocenters. The summed E-state index contributed by atoms with van der Waals surface area (Å²) in [5.41, 5.74) is 0.790. The Morgan fingerprint density at radius 3 is 2.80 bits per heavy atom. The second-order valence-electron chi connectivity index (χ2n) is 5.16. The molecule has 1 fully saturated rings. The van der Waals surface area contributed by atoms with Crippen LogP contribution >= 0.6 is 0 Å². The number of amides is 1. The zero-order chi connectivity index (χ0) is 14.4. The number of hydrogen-bond donors (Lipinski definition) is 2. The summed E-state index contributed by atoms with van der Waals surface area (Å²) in [7, 11) is 1.79. The van der Waals surface area contributed by atoms with Crippen molar-refractivity contribution in [2.45, 2.75) is 38.3 Å². The molecule has 0 heterocycles. The van der Waals surface area contributed by atoms with E-state index >= 15 is 0 Å². The summed E-state index contributed by atoms with van der Waals surface area (Å²) in [6.45, 7) is 0.487. The maximum absolute atomic E-state index is 13.4. The largest absolute Gasteiger partial charge is 0.484 e. The minimum absolute atomic E-state index is 0.0705. The Morgan fingerprint density at radius 1 is 1.35 bits per heavy atom. The fourth-order valence-electron chi connectivity index (χ4n) is 2.50. The van der Waals surface area contributed by atoms with Crippen LogP contribution in [0, 0.1) is 5.82 Å². The highest BCUT2D eigenvalue weighted by Crippen LogP contribution is 2.18. The molecule has 1 amide bonds. The molecule has 1 aliphatic rings. The van der Waals surface area contributed by atoms with Crippen molar-refractivity contribution in [1.82, 2.24) is 10.6 Å². The van der Waals surface area contributed by atoms with E-state index < -0.39 is 0 Å². The van der Waals surface area contributed by atoms with Gasteiger partial charge in [0.25, 0.3) is 5.91 Å². The lowest BCUT2D eigenvalue weighted by molar-refractivity contribution is -0.123. The maximum Gasteiger partial charge on any atom is 0.258 e. The molecular weight excluding hydrogens is 259 g/mol. The predicted octanol–water partition coefficient (Wildman–Crippen LogP) is 1.98. The highest BCUT2D eigenvalue weighted by Gasteiger charge is 2.17. The van der Waals surface area contributed by atoms with Gasteiger partial charge in [-0.05, 0) is 37.6 Å². The molecule has 0 unspecified atom stereocenters. The molecule has 0 bridgehead atoms. The van der Waals surface area contributed by atoms with Crippen molar-refractivity contribution in [3.05, 3.63) is 29.6 Å². The number of ether oxygens (including phenoxy) is 1. The third-order valence-electron chi connectivity index (χ3n) is 3.40. The molecule has 1 aromatic carbocycles. The van der Waals surface area contributed by atoms with E-state index in [1.165, 1.54) is 25.0 Å². The first kappa shape index (κ1) is 14.8. The highest BCUT2D eigenvalue weighted by molar-refractivity contribution is 5.77. The van der Waals surface area contributed by atoms with Crippen molar-refractivity contribution >= 4 is 5.91 Å². The van der Waals surface area contributed by atoms with Crippen LogP contribution in [-0.4, -0.2) is 25.6 Å². The molecule has 0 aromatic heterocycles. The Kier molecular flexibility index (Phi) is 5.35. The molecule has 2 rings (SSSR count). The van der Waals surface area contributed by atoms with Gasteiger partial charge in [-0.2, -0.15) is 0 Å². The van der Waals surface area contributed by atoms with Gasteiger partial charge in [0, 0.05) is 18.7 Å². The molecule has 110 valence electrons. The summed E-state index contributed by atoms with van der Waals surface area (Å²) in [4.78, 5) is 11.7. The van der Waals surface area contributed by atoms with Crippen LogP contribution in [0.1, 0.15) is 31.2 Å². The van der Waals surface area contributed by atoms with Crippen molar-refractivity contribution in [2.75, 3.05) is 13.7 Å². The van der Waals surface area contributed by atoms with Crippen molar-refractivity contribution < 1.29 is 13.9 Å². The number of benzene rings is 1. The van der Waals surface area contributed by atoms with Gasteiger partial charge in [0.05, 0.1) is 0 Å². The van der Waals surface area contributed by atoms with Crippen LogP contribution in [0.25, 0.3) is 0 Å². The van der Waals surface area contributed by atoms with Crippen LogP contribution < -0.4 is 15.4 Å². The van der Waals surface area contributed by atoms with E-state index in [1.54, 1.807) is 13.1 Å². The summed E-state index contributed by atoms with van der Waals surface area (Å²) in [5.74, 6) is -0.114. The smallest absolute Gasteiger partial charge is 0.258 e. The molecular formula is C15H21FN2O2. The first-order valence-corrected chi connectivity index (χ1v) is 7.03. The first-order valence-electron chi connectivity index (χ1n) is 7.03. The van der Waals surface area contributed by atoms with Crippen LogP contribution in [0.5, 0.6) is 5.75 Å². The Balaban J connectivity index is 1.84. The van der Waals surface area contributed by atoms with E-state index in [-0.39, 0.29) is 24.4 Å². The van der Waals surface area contributed by atoms with Gasteiger partial charge < -0.3 is 15.4 Å². The second kappa shape index (κ2) is 7.24. The third kappa shape index (κ3) is 4.49. The lowest BCUT2D eigenvalue weighted by Gasteiger charge is -2.13. The van der Waals surface area contributed by atoms with Gasteiger partial charge >= 0.3 is 0 Å². The number of rotatable bonds is 6. The topological polar surface area (TPSA) is 50.4 Å². The normalized spacial score (nSPS) is 15.3. The quantitative estimate of drug-likeness (QED) is 0.838. The zero-order valence-electron chi connectivity index (χ0n) is 11.7. The van der Waals surface area contributed by atoms with Crippen LogP contribution in [0.3, 0.4) is 0 Å². The molecule has 0 spiro atoms. The summed E-state index contributed by atoms with van der Waals surface area (Å²) in [5, 5.41) is 5.88. The Bertz CT molecular complexity index is 459. The van der Waals surface area contributed by atoms with E-state index in [1.807, 2.05) is 0 Å². The first-order chi connectivity index (χ1) is 9.67. The highest BCUT2D eigenvalue weighted by atomic mass is 19.1. The fourth-order valence-corrected chi connectivity index (χ4v) is 2.50. The Hall–Kier alpha value is -1.62. The predicted molar refractivity (Wildman–Crippen MR) is 75.1 cm³/mol. The molecule has 1 aromatic rings. The standard InChI is InChI=1S/C15H21FN2O2/c1-17-9-11-6-12(16)8-14(7-11)20-10-15(19)18-13-4-2-3-5-13/h6-8,13,17H,2-5,9-10H2,1H3,(H,18,19). The van der Waals surface area contributed by atoms with Crippen LogP contribution in [0.2, 0.25) is 0 Å². The molecule has 4 nitrogen and oxygen atoms in total. The van der Waals surface area contributed by atoms with Gasteiger partial charge in [0.15, 0.2) is 6.61 Å². The SMILES string of the molecule is CNCc1cc(F)cc(OCC(=O)NC2CCCC2)c1. The lowest BCUT2D eigenvalue weighted by atomic mass is 10.2. The summed E-state index contributed by atoms with van der Waals surface area (Å²) < 4.78 is 18.8. The number of carbonyl (C=O) groups is 1. The summed E-state index contributed by atoms with van der Waals surface area (Å²) in [6.07, 6.45) is 4.42. The van der Waals surface area contributed by atoms with E-state index in [0.29, 0.717) is 12.3 Å². The molecule has 5 heteroatoms. The van der Waals surface area contributed by atoms with E-state index in [2.05, 4.69) is 10.6 Å². The summed E-state index contributed by atoms with van der Waals surface area (Å²) in [6, 6.07) is 4.75. The monoisotopic (exact) mass is 280 g/mol. The number of halogens is 1. The second-order valence-corrected chi connectivity index (χ2v) is 5.16. The number of carbonyl (C=O) groups excluding carboxylic acids is 1. The van der Waals surface area contributed by atoms with E-state index in [9.17, 15) is 9.18 Å². The van der Waals surface area contributed by atoms with Gasteiger partial charge in [-0.3, -0.25) is 4.79 Å². The molecule has 20 heavy (non-hydrogen) atoms. The van der Waals surface area contributed by atoms with Crippen molar-refractivity contribution in [2.24, 2.45) is 0 Å². The van der Waals surface area contributed by atoms with E-state index in [0.717, 1.165) is 18.4 Å². The minimum Gasteiger partial charge on any atom is -0.484 e. The van der Waals surface area contributed by atoms with Gasteiger partial charge in [-0.1, -0.05) is 12.8 Å². The van der Waals surface area contributed by atoms with Crippen LogP contribution in [0.4, 0.5) is 4.39 Å². The maximum atomic E-state index is 13.4. The fraction of sp³-hybridized carbons (Fsp3) is 0.533. The van der Waals surface area contributed by atoms with Crippen molar-refractivity contribution in [1.29, 1.82) is 0 Å². The van der Waals surface area contributed by atoms with Crippen LogP contribution in [0.15, 0.2) is 18.2 Å². The third-order valence-corrected chi connectivity index (χ3v) is 3.40. The van der Waals surface area contributed by atoms with E-state index in [4.69, 9.17) is 4.74 Å². The Labute approximate surface area is 118 Å². The number of nitrogens with one attached hydrogen (secondary N) is 2. The average Bonchev–Trinajstić information content (AvgIpc) is 2.89. The Morgan fingerprint density at radius 2 is 2.10 bits per heavy atom. The van der Waals surface area contributed by atoms with Crippen molar-refractivity contribution in [3.63, 3.8) is 0 Å². The molecule has 2 N–H and O–H groups in total. The molecule has 1 aliphatic carbocycles.